The zero-order valence-corrected chi connectivity index (χ0v) is 15.0. The summed E-state index contributed by atoms with van der Waals surface area (Å²) in [6.45, 7) is 0.422. The summed E-state index contributed by atoms with van der Waals surface area (Å²) in [5.74, 6) is 1.82. The third kappa shape index (κ3) is 5.04. The first kappa shape index (κ1) is 18.4. The monoisotopic (exact) mass is 369 g/mol. The minimum atomic E-state index is -0.328. The molecule has 3 aromatic rings. The van der Waals surface area contributed by atoms with Gasteiger partial charge in [-0.1, -0.05) is 17.3 Å². The normalized spacial score (nSPS) is 10.4. The van der Waals surface area contributed by atoms with Gasteiger partial charge in [-0.3, -0.25) is 4.79 Å². The van der Waals surface area contributed by atoms with Gasteiger partial charge in [-0.05, 0) is 29.8 Å². The molecule has 0 aliphatic carbocycles. The van der Waals surface area contributed by atoms with Crippen LogP contribution in [0.4, 0.5) is 0 Å². The third-order valence-electron chi connectivity index (χ3n) is 3.77. The number of ether oxygens (including phenoxy) is 3. The van der Waals surface area contributed by atoms with Gasteiger partial charge in [-0.15, -0.1) is 0 Å². The average Bonchev–Trinajstić information content (AvgIpc) is 3.20. The minimum absolute atomic E-state index is 0.184. The fraction of sp³-hybridized carbons (Fsp3) is 0.263. The van der Waals surface area contributed by atoms with E-state index < -0.39 is 0 Å². The second kappa shape index (κ2) is 8.79. The lowest BCUT2D eigenvalue weighted by Crippen LogP contribution is -2.02. The highest BCUT2D eigenvalue weighted by Gasteiger charge is 2.12. The van der Waals surface area contributed by atoms with Crippen LogP contribution in [0.2, 0.25) is 0 Å². The summed E-state index contributed by atoms with van der Waals surface area (Å²) in [7, 11) is 2.97. The van der Waals surface area contributed by atoms with Crippen LogP contribution in [0.15, 0.2) is 47.1 Å². The first-order valence-corrected chi connectivity index (χ1v) is 8.29. The number of carbonyl (C=O) groups is 1. The zero-order valence-electron chi connectivity index (χ0n) is 15.0. The van der Waals surface area contributed by atoms with E-state index in [1.54, 1.807) is 25.4 Å². The molecule has 0 amide bonds. The van der Waals surface area contributed by atoms with Crippen LogP contribution < -0.4 is 9.47 Å². The van der Waals surface area contributed by atoms with Crippen molar-refractivity contribution in [1.82, 2.24) is 15.1 Å². The Hall–Kier alpha value is -3.42. The van der Waals surface area contributed by atoms with Gasteiger partial charge in [0.15, 0.2) is 0 Å². The molecule has 0 N–H and O–H groups in total. The summed E-state index contributed by atoms with van der Waals surface area (Å²) in [4.78, 5) is 19.7. The summed E-state index contributed by atoms with van der Waals surface area (Å²) < 4.78 is 20.5. The van der Waals surface area contributed by atoms with Crippen molar-refractivity contribution in [1.29, 1.82) is 0 Å². The molecule has 3 rings (SSSR count). The highest BCUT2D eigenvalue weighted by atomic mass is 16.5. The maximum absolute atomic E-state index is 11.2. The van der Waals surface area contributed by atoms with Gasteiger partial charge in [0.1, 0.15) is 23.8 Å². The molecule has 0 atom stereocenters. The summed E-state index contributed by atoms with van der Waals surface area (Å²) in [5.41, 5.74) is 1.58. The van der Waals surface area contributed by atoms with Gasteiger partial charge in [-0.2, -0.15) is 4.98 Å². The lowest BCUT2D eigenvalue weighted by Gasteiger charge is -2.07. The molecule has 0 saturated heterocycles. The van der Waals surface area contributed by atoms with Crippen LogP contribution in [0.3, 0.4) is 0 Å². The quantitative estimate of drug-likeness (QED) is 0.559. The Bertz CT molecular complexity index is 875. The van der Waals surface area contributed by atoms with Crippen LogP contribution in [0.1, 0.15) is 17.9 Å². The number of hydrogen-bond acceptors (Lipinski definition) is 8. The molecule has 0 bridgehead atoms. The number of benzene rings is 1. The van der Waals surface area contributed by atoms with E-state index in [9.17, 15) is 4.79 Å². The number of hydrogen-bond donors (Lipinski definition) is 0. The van der Waals surface area contributed by atoms with Crippen molar-refractivity contribution in [2.24, 2.45) is 0 Å². The van der Waals surface area contributed by atoms with Crippen molar-refractivity contribution >= 4 is 5.97 Å². The number of pyridine rings is 1. The molecule has 27 heavy (non-hydrogen) atoms. The van der Waals surface area contributed by atoms with Crippen molar-refractivity contribution in [2.45, 2.75) is 19.4 Å². The molecule has 2 aromatic heterocycles. The fourth-order valence-corrected chi connectivity index (χ4v) is 2.26. The van der Waals surface area contributed by atoms with E-state index in [-0.39, 0.29) is 12.4 Å². The topological polar surface area (TPSA) is 96.6 Å². The van der Waals surface area contributed by atoms with Gasteiger partial charge in [0.2, 0.25) is 11.7 Å². The van der Waals surface area contributed by atoms with E-state index in [1.165, 1.54) is 7.11 Å². The Morgan fingerprint density at radius 1 is 1.07 bits per heavy atom. The van der Waals surface area contributed by atoms with Crippen LogP contribution in [-0.4, -0.2) is 35.3 Å². The molecule has 1 aromatic carbocycles. The second-order valence-electron chi connectivity index (χ2n) is 5.60. The van der Waals surface area contributed by atoms with E-state index in [0.29, 0.717) is 36.2 Å². The number of aromatic nitrogens is 3. The fourth-order valence-electron chi connectivity index (χ4n) is 2.26. The lowest BCUT2D eigenvalue weighted by atomic mass is 10.2. The molecule has 0 aliphatic rings. The van der Waals surface area contributed by atoms with Crippen molar-refractivity contribution < 1.29 is 23.5 Å². The summed E-state index contributed by atoms with van der Waals surface area (Å²) in [6, 6.07) is 11.2. The van der Waals surface area contributed by atoms with Gasteiger partial charge in [0.05, 0.1) is 26.8 Å². The summed E-state index contributed by atoms with van der Waals surface area (Å²) in [5, 5.41) is 3.88. The molecular formula is C19H19N3O5. The van der Waals surface area contributed by atoms with E-state index in [4.69, 9.17) is 14.0 Å². The number of nitrogens with zero attached hydrogens (tertiary/aromatic N) is 3. The molecule has 0 fully saturated rings. The molecule has 8 nitrogen and oxygen atoms in total. The van der Waals surface area contributed by atoms with Gasteiger partial charge in [-0.25, -0.2) is 4.98 Å². The number of carbonyl (C=O) groups excluding carboxylic acids is 1. The zero-order chi connectivity index (χ0) is 19.1. The molecule has 0 saturated carbocycles. The van der Waals surface area contributed by atoms with Gasteiger partial charge < -0.3 is 18.7 Å². The molecule has 0 radical (unpaired) electrons. The van der Waals surface area contributed by atoms with E-state index in [0.717, 1.165) is 11.3 Å². The predicted octanol–water partition coefficient (Wildman–Crippen LogP) is 2.82. The molecule has 0 unspecified atom stereocenters. The minimum Gasteiger partial charge on any atom is -0.497 e. The van der Waals surface area contributed by atoms with E-state index in [2.05, 4.69) is 19.9 Å². The van der Waals surface area contributed by atoms with Crippen molar-refractivity contribution in [3.8, 4) is 23.0 Å². The highest BCUT2D eigenvalue weighted by Crippen LogP contribution is 2.19. The summed E-state index contributed by atoms with van der Waals surface area (Å²) >= 11 is 0. The Kier molecular flexibility index (Phi) is 5.98. The third-order valence-corrected chi connectivity index (χ3v) is 3.77. The maximum atomic E-state index is 11.2. The molecule has 0 spiro atoms. The standard InChI is InChI=1S/C19H19N3O5/c1-24-14-5-3-13(4-6-14)12-26-15-7-8-16(20-11-15)19-21-17(27-22-19)9-10-18(23)25-2/h3-8,11H,9-10,12H2,1-2H3. The van der Waals surface area contributed by atoms with Crippen LogP contribution in [0.25, 0.3) is 11.5 Å². The number of methoxy groups -OCH3 is 2. The Morgan fingerprint density at radius 2 is 1.85 bits per heavy atom. The van der Waals surface area contributed by atoms with Gasteiger partial charge in [0.25, 0.3) is 0 Å². The average molecular weight is 369 g/mol. The highest BCUT2D eigenvalue weighted by molar-refractivity contribution is 5.69. The number of esters is 1. The van der Waals surface area contributed by atoms with Crippen LogP contribution in [-0.2, 0) is 22.6 Å². The Morgan fingerprint density at radius 3 is 2.52 bits per heavy atom. The largest absolute Gasteiger partial charge is 0.497 e. The maximum Gasteiger partial charge on any atom is 0.306 e. The van der Waals surface area contributed by atoms with Gasteiger partial charge >= 0.3 is 5.97 Å². The molecule has 140 valence electrons. The number of rotatable bonds is 8. The predicted molar refractivity (Wildman–Crippen MR) is 95.2 cm³/mol. The first-order chi connectivity index (χ1) is 13.2. The smallest absolute Gasteiger partial charge is 0.306 e. The molecule has 8 heteroatoms. The van der Waals surface area contributed by atoms with Crippen LogP contribution in [0, 0.1) is 0 Å². The summed E-state index contributed by atoms with van der Waals surface area (Å²) in [6.07, 6.45) is 2.11. The first-order valence-electron chi connectivity index (χ1n) is 8.29. The van der Waals surface area contributed by atoms with Crippen molar-refractivity contribution in [2.75, 3.05) is 14.2 Å². The van der Waals surface area contributed by atoms with Crippen molar-refractivity contribution in [3.05, 3.63) is 54.0 Å². The van der Waals surface area contributed by atoms with Crippen molar-refractivity contribution in [3.63, 3.8) is 0 Å². The second-order valence-corrected chi connectivity index (χ2v) is 5.60. The molecule has 2 heterocycles. The number of aryl methyl sites for hydroxylation is 1. The van der Waals surface area contributed by atoms with Crippen LogP contribution in [0.5, 0.6) is 11.5 Å². The van der Waals surface area contributed by atoms with E-state index >= 15 is 0 Å². The lowest BCUT2D eigenvalue weighted by molar-refractivity contribution is -0.140. The van der Waals surface area contributed by atoms with Crippen LogP contribution >= 0.6 is 0 Å². The molecular weight excluding hydrogens is 350 g/mol. The van der Waals surface area contributed by atoms with E-state index in [1.807, 2.05) is 24.3 Å². The Balaban J connectivity index is 1.56. The Labute approximate surface area is 156 Å². The van der Waals surface area contributed by atoms with Gasteiger partial charge in [0, 0.05) is 6.42 Å². The molecule has 0 aliphatic heterocycles. The SMILES string of the molecule is COC(=O)CCc1nc(-c2ccc(OCc3ccc(OC)cc3)cn2)no1.